The van der Waals surface area contributed by atoms with Gasteiger partial charge in [0.05, 0.1) is 6.04 Å². The molecule has 0 aliphatic carbocycles. The number of hydrogen-bond donors (Lipinski definition) is 2. The number of nitrogens with one attached hydrogen (secondary N) is 1. The molecule has 2 aromatic rings. The van der Waals surface area contributed by atoms with E-state index in [1.54, 1.807) is 12.1 Å². The molecule has 0 radical (unpaired) electrons. The largest absolute Gasteiger partial charge is 0.348 e. The van der Waals surface area contributed by atoms with E-state index in [0.29, 0.717) is 5.02 Å². The van der Waals surface area contributed by atoms with E-state index in [0.717, 1.165) is 11.1 Å². The van der Waals surface area contributed by atoms with Gasteiger partial charge in [-0.1, -0.05) is 54.1 Å². The van der Waals surface area contributed by atoms with Crippen LogP contribution in [0.5, 0.6) is 0 Å². The Labute approximate surface area is 123 Å². The molecule has 0 unspecified atom stereocenters. The van der Waals surface area contributed by atoms with E-state index < -0.39 is 6.04 Å². The van der Waals surface area contributed by atoms with Crippen molar-refractivity contribution in [3.05, 3.63) is 70.7 Å². The van der Waals surface area contributed by atoms with Gasteiger partial charge in [0.25, 0.3) is 0 Å². The van der Waals surface area contributed by atoms with Crippen LogP contribution in [0.2, 0.25) is 5.02 Å². The number of benzene rings is 2. The fourth-order valence-corrected chi connectivity index (χ4v) is 2.08. The molecule has 1 amide bonds. The molecule has 0 aliphatic rings. The van der Waals surface area contributed by atoms with E-state index in [9.17, 15) is 4.79 Å². The Morgan fingerprint density at radius 2 is 1.65 bits per heavy atom. The number of rotatable bonds is 4. The van der Waals surface area contributed by atoms with Crippen LogP contribution in [0.25, 0.3) is 0 Å². The number of nitrogens with two attached hydrogens (primary N) is 1. The van der Waals surface area contributed by atoms with Crippen LogP contribution in [-0.2, 0) is 4.79 Å². The van der Waals surface area contributed by atoms with Crippen molar-refractivity contribution in [3.8, 4) is 0 Å². The third kappa shape index (κ3) is 3.59. The van der Waals surface area contributed by atoms with E-state index >= 15 is 0 Å². The third-order valence-electron chi connectivity index (χ3n) is 3.17. The van der Waals surface area contributed by atoms with Gasteiger partial charge in [0.2, 0.25) is 5.91 Å². The molecular formula is C16H17ClN2O. The molecule has 2 atom stereocenters. The van der Waals surface area contributed by atoms with Crippen molar-refractivity contribution >= 4 is 17.5 Å². The molecule has 0 saturated heterocycles. The van der Waals surface area contributed by atoms with Crippen molar-refractivity contribution < 1.29 is 4.79 Å². The second kappa shape index (κ2) is 6.55. The molecule has 0 aliphatic heterocycles. The quantitative estimate of drug-likeness (QED) is 0.907. The average Bonchev–Trinajstić information content (AvgIpc) is 2.48. The molecule has 3 nitrogen and oxygen atoms in total. The van der Waals surface area contributed by atoms with Crippen LogP contribution in [0.1, 0.15) is 30.1 Å². The van der Waals surface area contributed by atoms with Crippen LogP contribution >= 0.6 is 11.6 Å². The summed E-state index contributed by atoms with van der Waals surface area (Å²) in [5.41, 5.74) is 7.74. The first-order valence-corrected chi connectivity index (χ1v) is 6.82. The van der Waals surface area contributed by atoms with Crippen LogP contribution in [0.4, 0.5) is 0 Å². The molecule has 0 bridgehead atoms. The molecule has 0 saturated carbocycles. The first-order chi connectivity index (χ1) is 9.58. The predicted molar refractivity (Wildman–Crippen MR) is 81.4 cm³/mol. The molecule has 0 spiro atoms. The second-order valence-corrected chi connectivity index (χ2v) is 5.11. The fraction of sp³-hybridized carbons (Fsp3) is 0.188. The first-order valence-electron chi connectivity index (χ1n) is 6.44. The Morgan fingerprint density at radius 1 is 1.05 bits per heavy atom. The number of halogens is 1. The lowest BCUT2D eigenvalue weighted by Gasteiger charge is -2.18. The minimum Gasteiger partial charge on any atom is -0.348 e. The van der Waals surface area contributed by atoms with Gasteiger partial charge in [0.15, 0.2) is 0 Å². The van der Waals surface area contributed by atoms with Crippen LogP contribution < -0.4 is 11.1 Å². The Bertz CT molecular complexity index is 569. The number of hydrogen-bond acceptors (Lipinski definition) is 2. The summed E-state index contributed by atoms with van der Waals surface area (Å²) < 4.78 is 0. The Balaban J connectivity index is 2.02. The summed E-state index contributed by atoms with van der Waals surface area (Å²) in [7, 11) is 0. The summed E-state index contributed by atoms with van der Waals surface area (Å²) >= 11 is 5.85. The Hall–Kier alpha value is -1.84. The molecule has 2 aromatic carbocycles. The molecular weight excluding hydrogens is 272 g/mol. The van der Waals surface area contributed by atoms with Crippen LogP contribution in [0.15, 0.2) is 54.6 Å². The summed E-state index contributed by atoms with van der Waals surface area (Å²) in [6, 6.07) is 15.9. The molecule has 20 heavy (non-hydrogen) atoms. The zero-order valence-electron chi connectivity index (χ0n) is 11.2. The first kappa shape index (κ1) is 14.6. The van der Waals surface area contributed by atoms with Crippen molar-refractivity contribution in [2.45, 2.75) is 19.0 Å². The van der Waals surface area contributed by atoms with E-state index in [1.807, 2.05) is 49.4 Å². The summed E-state index contributed by atoms with van der Waals surface area (Å²) in [4.78, 5) is 12.1. The van der Waals surface area contributed by atoms with Crippen LogP contribution in [-0.4, -0.2) is 5.91 Å². The number of carbonyl (C=O) groups excluding carboxylic acids is 1. The van der Waals surface area contributed by atoms with Crippen molar-refractivity contribution in [3.63, 3.8) is 0 Å². The number of amides is 1. The average molecular weight is 289 g/mol. The van der Waals surface area contributed by atoms with Gasteiger partial charge in [-0.15, -0.1) is 0 Å². The smallest absolute Gasteiger partial charge is 0.241 e. The zero-order valence-corrected chi connectivity index (χ0v) is 12.0. The SMILES string of the molecule is C[C@H](NC(=O)[C@@H](N)c1ccccc1)c1ccc(Cl)cc1. The van der Waals surface area contributed by atoms with Gasteiger partial charge in [0, 0.05) is 5.02 Å². The lowest BCUT2D eigenvalue weighted by molar-refractivity contribution is -0.123. The van der Waals surface area contributed by atoms with Gasteiger partial charge < -0.3 is 11.1 Å². The minimum atomic E-state index is -0.661. The van der Waals surface area contributed by atoms with E-state index in [4.69, 9.17) is 17.3 Å². The molecule has 2 rings (SSSR count). The predicted octanol–water partition coefficient (Wildman–Crippen LogP) is 3.22. The molecule has 3 N–H and O–H groups in total. The van der Waals surface area contributed by atoms with Crippen LogP contribution in [0.3, 0.4) is 0 Å². The summed E-state index contributed by atoms with van der Waals surface area (Å²) in [5, 5.41) is 3.58. The molecule has 104 valence electrons. The van der Waals surface area contributed by atoms with E-state index in [1.165, 1.54) is 0 Å². The standard InChI is InChI=1S/C16H17ClN2O/c1-11(12-7-9-14(17)10-8-12)19-16(20)15(18)13-5-3-2-4-6-13/h2-11,15H,18H2,1H3,(H,19,20)/t11-,15-/m0/s1. The summed E-state index contributed by atoms with van der Waals surface area (Å²) in [5.74, 6) is -0.196. The highest BCUT2D eigenvalue weighted by molar-refractivity contribution is 6.30. The second-order valence-electron chi connectivity index (χ2n) is 4.67. The highest BCUT2D eigenvalue weighted by atomic mass is 35.5. The lowest BCUT2D eigenvalue weighted by Crippen LogP contribution is -2.35. The molecule has 0 heterocycles. The van der Waals surface area contributed by atoms with Crippen molar-refractivity contribution in [1.29, 1.82) is 0 Å². The van der Waals surface area contributed by atoms with Gasteiger partial charge in [-0.2, -0.15) is 0 Å². The maximum Gasteiger partial charge on any atom is 0.241 e. The maximum absolute atomic E-state index is 12.1. The maximum atomic E-state index is 12.1. The van der Waals surface area contributed by atoms with E-state index in [2.05, 4.69) is 5.32 Å². The monoisotopic (exact) mass is 288 g/mol. The fourth-order valence-electron chi connectivity index (χ4n) is 1.95. The molecule has 0 fully saturated rings. The van der Waals surface area contributed by atoms with Gasteiger partial charge in [-0.3, -0.25) is 4.79 Å². The highest BCUT2D eigenvalue weighted by Gasteiger charge is 2.17. The highest BCUT2D eigenvalue weighted by Crippen LogP contribution is 2.17. The molecule has 4 heteroatoms. The number of carbonyl (C=O) groups is 1. The minimum absolute atomic E-state index is 0.116. The van der Waals surface area contributed by atoms with Crippen molar-refractivity contribution in [1.82, 2.24) is 5.32 Å². The van der Waals surface area contributed by atoms with Gasteiger partial charge in [-0.05, 0) is 30.2 Å². The Kier molecular flexibility index (Phi) is 4.77. The van der Waals surface area contributed by atoms with E-state index in [-0.39, 0.29) is 11.9 Å². The van der Waals surface area contributed by atoms with Gasteiger partial charge in [0.1, 0.15) is 6.04 Å². The zero-order chi connectivity index (χ0) is 14.5. The van der Waals surface area contributed by atoms with Crippen LogP contribution in [0, 0.1) is 0 Å². The van der Waals surface area contributed by atoms with Crippen molar-refractivity contribution in [2.24, 2.45) is 5.73 Å². The Morgan fingerprint density at radius 3 is 2.25 bits per heavy atom. The third-order valence-corrected chi connectivity index (χ3v) is 3.42. The van der Waals surface area contributed by atoms with Crippen molar-refractivity contribution in [2.75, 3.05) is 0 Å². The molecule has 0 aromatic heterocycles. The normalized spacial score (nSPS) is 13.6. The topological polar surface area (TPSA) is 55.1 Å². The van der Waals surface area contributed by atoms with Gasteiger partial charge >= 0.3 is 0 Å². The summed E-state index contributed by atoms with van der Waals surface area (Å²) in [6.07, 6.45) is 0. The summed E-state index contributed by atoms with van der Waals surface area (Å²) in [6.45, 7) is 1.92. The van der Waals surface area contributed by atoms with Gasteiger partial charge in [-0.25, -0.2) is 0 Å². The lowest BCUT2D eigenvalue weighted by atomic mass is 10.1.